The van der Waals surface area contributed by atoms with Crippen LogP contribution in [0.1, 0.15) is 25.5 Å². The third-order valence-corrected chi connectivity index (χ3v) is 5.38. The van der Waals surface area contributed by atoms with Crippen LogP contribution in [0.4, 0.5) is 18.4 Å². The number of hydrogen-bond acceptors (Lipinski definition) is 7. The molecule has 1 atom stereocenters. The monoisotopic (exact) mass is 482 g/mol. The number of halogens is 2. The molecule has 12 heteroatoms. The zero-order valence-electron chi connectivity index (χ0n) is 19.0. The van der Waals surface area contributed by atoms with Crippen LogP contribution in [0.5, 0.6) is 5.75 Å². The molecule has 2 heterocycles. The van der Waals surface area contributed by atoms with Crippen molar-refractivity contribution in [2.45, 2.75) is 26.5 Å². The molecule has 0 radical (unpaired) electrons. The average Bonchev–Trinajstić information content (AvgIpc) is 2.79. The number of piperazine rings is 1. The zero-order valence-corrected chi connectivity index (χ0v) is 19.0. The average molecular weight is 482 g/mol. The van der Waals surface area contributed by atoms with Crippen molar-refractivity contribution in [2.75, 3.05) is 45.9 Å². The number of urea groups is 1. The van der Waals surface area contributed by atoms with Crippen molar-refractivity contribution >= 4 is 18.1 Å². The van der Waals surface area contributed by atoms with Crippen LogP contribution in [0.25, 0.3) is 0 Å². The Morgan fingerprint density at radius 3 is 2.41 bits per heavy atom. The minimum absolute atomic E-state index is 0.0870. The summed E-state index contributed by atoms with van der Waals surface area (Å²) in [6.45, 7) is 2.66. The van der Waals surface area contributed by atoms with E-state index in [0.717, 1.165) is 0 Å². The molecule has 2 N–H and O–H groups in total. The van der Waals surface area contributed by atoms with E-state index in [0.29, 0.717) is 31.9 Å². The Kier molecular flexibility index (Phi) is 8.63. The van der Waals surface area contributed by atoms with E-state index in [1.54, 1.807) is 24.8 Å². The molecule has 186 valence electrons. The van der Waals surface area contributed by atoms with Crippen molar-refractivity contribution in [1.29, 1.82) is 0 Å². The van der Waals surface area contributed by atoms with Gasteiger partial charge in [-0.1, -0.05) is 18.2 Å². The molecule has 0 unspecified atom stereocenters. The topological polar surface area (TPSA) is 109 Å². The molecule has 0 spiro atoms. The molecule has 1 saturated heterocycles. The molecular formula is C22H28F2N4O6. The van der Waals surface area contributed by atoms with Crippen molar-refractivity contribution < 1.29 is 37.4 Å². The van der Waals surface area contributed by atoms with Crippen LogP contribution in [0.15, 0.2) is 35.5 Å². The van der Waals surface area contributed by atoms with Gasteiger partial charge in [0.1, 0.15) is 5.75 Å². The van der Waals surface area contributed by atoms with Gasteiger partial charge in [-0.15, -0.1) is 0 Å². The Morgan fingerprint density at radius 1 is 1.09 bits per heavy atom. The standard InChI is InChI=1S/C22H28F2N4O6/c1-3-32-19(29)17-15(13-27-9-11-28(12-10-27)22(31)33-4-2)25-21(30)26-18(17)14-7-5-6-8-16(14)34-20(23)24/h5-8,18,20H,3-4,9-13H2,1-2H3,(H2,25,26,30)/t18-/m0/s1. The van der Waals surface area contributed by atoms with Crippen LogP contribution in [-0.2, 0) is 14.3 Å². The summed E-state index contributed by atoms with van der Waals surface area (Å²) in [5.41, 5.74) is 0.591. The van der Waals surface area contributed by atoms with Crippen molar-refractivity contribution in [1.82, 2.24) is 20.4 Å². The fraction of sp³-hybridized carbons (Fsp3) is 0.500. The predicted molar refractivity (Wildman–Crippen MR) is 116 cm³/mol. The number of amides is 3. The molecule has 0 aromatic heterocycles. The second-order valence-corrected chi connectivity index (χ2v) is 7.52. The highest BCUT2D eigenvalue weighted by atomic mass is 19.3. The van der Waals surface area contributed by atoms with Crippen LogP contribution in [0.3, 0.4) is 0 Å². The number of carbonyl (C=O) groups excluding carboxylic acids is 3. The molecule has 0 bridgehead atoms. The molecule has 10 nitrogen and oxygen atoms in total. The van der Waals surface area contributed by atoms with Crippen LogP contribution in [0, 0.1) is 0 Å². The van der Waals surface area contributed by atoms with E-state index >= 15 is 0 Å². The lowest BCUT2D eigenvalue weighted by atomic mass is 9.94. The normalized spacial score (nSPS) is 18.9. The van der Waals surface area contributed by atoms with Crippen LogP contribution in [-0.4, -0.2) is 80.4 Å². The number of carbonyl (C=O) groups is 3. The molecule has 2 aliphatic heterocycles. The molecule has 0 aliphatic carbocycles. The quantitative estimate of drug-likeness (QED) is 0.547. The number of para-hydroxylation sites is 1. The number of ether oxygens (including phenoxy) is 3. The molecule has 34 heavy (non-hydrogen) atoms. The Bertz CT molecular complexity index is 934. The van der Waals surface area contributed by atoms with E-state index in [9.17, 15) is 23.2 Å². The van der Waals surface area contributed by atoms with E-state index in [1.165, 1.54) is 18.2 Å². The van der Waals surface area contributed by atoms with Gasteiger partial charge in [0.05, 0.1) is 24.8 Å². The van der Waals surface area contributed by atoms with E-state index in [2.05, 4.69) is 15.4 Å². The fourth-order valence-corrected chi connectivity index (χ4v) is 3.88. The lowest BCUT2D eigenvalue weighted by Gasteiger charge is -2.36. The summed E-state index contributed by atoms with van der Waals surface area (Å²) in [6.07, 6.45) is -0.389. The molecule has 1 aromatic carbocycles. The van der Waals surface area contributed by atoms with Crippen molar-refractivity contribution in [2.24, 2.45) is 0 Å². The zero-order chi connectivity index (χ0) is 24.7. The summed E-state index contributed by atoms with van der Waals surface area (Å²) in [6, 6.07) is 4.31. The van der Waals surface area contributed by atoms with Crippen LogP contribution >= 0.6 is 0 Å². The Morgan fingerprint density at radius 2 is 1.76 bits per heavy atom. The first-order chi connectivity index (χ1) is 16.3. The predicted octanol–water partition coefficient (Wildman–Crippen LogP) is 2.23. The number of esters is 1. The number of rotatable bonds is 8. The fourth-order valence-electron chi connectivity index (χ4n) is 3.88. The molecular weight excluding hydrogens is 454 g/mol. The molecule has 1 aromatic rings. The van der Waals surface area contributed by atoms with E-state index < -0.39 is 24.7 Å². The van der Waals surface area contributed by atoms with E-state index in [-0.39, 0.29) is 42.7 Å². The number of alkyl halides is 2. The maximum atomic E-state index is 13.0. The summed E-state index contributed by atoms with van der Waals surface area (Å²) in [4.78, 5) is 40.9. The number of hydrogen-bond donors (Lipinski definition) is 2. The van der Waals surface area contributed by atoms with Gasteiger partial charge in [0.2, 0.25) is 0 Å². The third kappa shape index (κ3) is 6.13. The summed E-state index contributed by atoms with van der Waals surface area (Å²) >= 11 is 0. The van der Waals surface area contributed by atoms with E-state index in [1.807, 2.05) is 4.90 Å². The molecule has 0 saturated carbocycles. The first-order valence-corrected chi connectivity index (χ1v) is 11.0. The second kappa shape index (κ2) is 11.6. The van der Waals surface area contributed by atoms with Crippen molar-refractivity contribution in [3.63, 3.8) is 0 Å². The van der Waals surface area contributed by atoms with Crippen LogP contribution < -0.4 is 15.4 Å². The lowest BCUT2D eigenvalue weighted by Crippen LogP contribution is -2.52. The largest absolute Gasteiger partial charge is 0.463 e. The SMILES string of the molecule is CCOC(=O)C1=C(CN2CCN(C(=O)OCC)CC2)NC(=O)N[C@H]1c1ccccc1OC(F)F. The first-order valence-electron chi connectivity index (χ1n) is 11.0. The number of nitrogens with one attached hydrogen (secondary N) is 2. The van der Waals surface area contributed by atoms with Crippen LogP contribution in [0.2, 0.25) is 0 Å². The van der Waals surface area contributed by atoms with Gasteiger partial charge in [0.15, 0.2) is 0 Å². The smallest absolute Gasteiger partial charge is 0.409 e. The lowest BCUT2D eigenvalue weighted by molar-refractivity contribution is -0.139. The van der Waals surface area contributed by atoms with Gasteiger partial charge in [-0.05, 0) is 19.9 Å². The van der Waals surface area contributed by atoms with Gasteiger partial charge in [0.25, 0.3) is 0 Å². The molecule has 2 aliphatic rings. The number of nitrogens with zero attached hydrogens (tertiary/aromatic N) is 2. The maximum Gasteiger partial charge on any atom is 0.409 e. The maximum absolute atomic E-state index is 13.0. The molecule has 1 fully saturated rings. The van der Waals surface area contributed by atoms with Gasteiger partial charge < -0.3 is 29.7 Å². The van der Waals surface area contributed by atoms with Gasteiger partial charge in [-0.2, -0.15) is 8.78 Å². The van der Waals surface area contributed by atoms with Gasteiger partial charge in [0, 0.05) is 44.0 Å². The molecule has 3 amide bonds. The van der Waals surface area contributed by atoms with E-state index in [4.69, 9.17) is 9.47 Å². The Labute approximate surface area is 195 Å². The second-order valence-electron chi connectivity index (χ2n) is 7.52. The summed E-state index contributed by atoms with van der Waals surface area (Å²) in [7, 11) is 0. The third-order valence-electron chi connectivity index (χ3n) is 5.38. The summed E-state index contributed by atoms with van der Waals surface area (Å²) in [5, 5.41) is 5.28. The first kappa shape index (κ1) is 25.2. The Balaban J connectivity index is 1.89. The Hall–Kier alpha value is -3.41. The van der Waals surface area contributed by atoms with Crippen molar-refractivity contribution in [3.8, 4) is 5.75 Å². The highest BCUT2D eigenvalue weighted by molar-refractivity contribution is 5.95. The molecule has 3 rings (SSSR count). The summed E-state index contributed by atoms with van der Waals surface area (Å²) < 4.78 is 40.8. The van der Waals surface area contributed by atoms with Crippen molar-refractivity contribution in [3.05, 3.63) is 41.1 Å². The van der Waals surface area contributed by atoms with Gasteiger partial charge in [-0.25, -0.2) is 14.4 Å². The minimum atomic E-state index is -3.08. The van der Waals surface area contributed by atoms with Gasteiger partial charge >= 0.3 is 24.7 Å². The summed E-state index contributed by atoms with van der Waals surface area (Å²) in [5.74, 6) is -0.846. The number of benzene rings is 1. The highest BCUT2D eigenvalue weighted by Gasteiger charge is 2.36. The minimum Gasteiger partial charge on any atom is -0.463 e. The highest BCUT2D eigenvalue weighted by Crippen LogP contribution is 2.34. The van der Waals surface area contributed by atoms with Gasteiger partial charge in [-0.3, -0.25) is 4.90 Å².